The summed E-state index contributed by atoms with van der Waals surface area (Å²) in [5, 5.41) is 2.85. The van der Waals surface area contributed by atoms with Gasteiger partial charge in [0.2, 0.25) is 11.8 Å². The average Bonchev–Trinajstić information content (AvgIpc) is 2.67. The third kappa shape index (κ3) is 4.57. The van der Waals surface area contributed by atoms with E-state index in [0.717, 1.165) is 17.1 Å². The van der Waals surface area contributed by atoms with E-state index in [9.17, 15) is 9.59 Å². The van der Waals surface area contributed by atoms with Gasteiger partial charge in [-0.05, 0) is 55.9 Å². The molecule has 2 aromatic rings. The van der Waals surface area contributed by atoms with Crippen LogP contribution < -0.4 is 20.5 Å². The number of benzene rings is 2. The largest absolute Gasteiger partial charge is 0.486 e. The molecule has 0 spiro atoms. The van der Waals surface area contributed by atoms with Crippen LogP contribution in [0.15, 0.2) is 42.5 Å². The summed E-state index contributed by atoms with van der Waals surface area (Å²) < 4.78 is 11.1. The van der Waals surface area contributed by atoms with E-state index in [4.69, 9.17) is 15.2 Å². The number of carbonyl (C=O) groups is 2. The molecule has 7 heteroatoms. The minimum Gasteiger partial charge on any atom is -0.486 e. The first-order chi connectivity index (χ1) is 12.9. The van der Waals surface area contributed by atoms with Crippen molar-refractivity contribution in [3.8, 4) is 11.5 Å². The van der Waals surface area contributed by atoms with Crippen LogP contribution in [0.4, 0.5) is 5.69 Å². The highest BCUT2D eigenvalue weighted by Gasteiger charge is 2.19. The van der Waals surface area contributed by atoms with E-state index in [1.807, 2.05) is 37.1 Å². The highest BCUT2D eigenvalue weighted by Crippen LogP contribution is 2.31. The van der Waals surface area contributed by atoms with Gasteiger partial charge in [0.25, 0.3) is 0 Å². The summed E-state index contributed by atoms with van der Waals surface area (Å²) in [4.78, 5) is 25.6. The molecule has 0 aliphatic carbocycles. The van der Waals surface area contributed by atoms with Crippen molar-refractivity contribution in [3.63, 3.8) is 0 Å². The summed E-state index contributed by atoms with van der Waals surface area (Å²) in [5.41, 5.74) is 7.27. The number of fused-ring (bicyclic) bond motifs is 1. The van der Waals surface area contributed by atoms with Gasteiger partial charge in [0.05, 0.1) is 6.04 Å². The summed E-state index contributed by atoms with van der Waals surface area (Å²) >= 11 is 0. The SMILES string of the molecule is C[C@H](C(=O)Nc1ccc(C(N)=O)cc1)N(C)Cc1ccc2c(c1)OCCO2. The lowest BCUT2D eigenvalue weighted by Crippen LogP contribution is -2.39. The highest BCUT2D eigenvalue weighted by molar-refractivity contribution is 5.96. The second kappa shape index (κ2) is 8.09. The number of rotatable bonds is 6. The molecule has 0 saturated carbocycles. The summed E-state index contributed by atoms with van der Waals surface area (Å²) in [7, 11) is 1.89. The Morgan fingerprint density at radius 1 is 1.11 bits per heavy atom. The molecule has 0 fully saturated rings. The van der Waals surface area contributed by atoms with E-state index in [1.54, 1.807) is 24.3 Å². The minimum atomic E-state index is -0.500. The van der Waals surface area contributed by atoms with Crippen LogP contribution in [0.3, 0.4) is 0 Å². The normalized spacial score (nSPS) is 13.9. The number of hydrogen-bond acceptors (Lipinski definition) is 5. The summed E-state index contributed by atoms with van der Waals surface area (Å²) in [5.74, 6) is 0.846. The number of ether oxygens (including phenoxy) is 2. The molecule has 2 amide bonds. The van der Waals surface area contributed by atoms with Crippen LogP contribution in [-0.4, -0.2) is 43.0 Å². The van der Waals surface area contributed by atoms with Crippen LogP contribution in [0.5, 0.6) is 11.5 Å². The fourth-order valence-electron chi connectivity index (χ4n) is 2.78. The predicted octanol–water partition coefficient (Wildman–Crippen LogP) is 2.02. The first kappa shape index (κ1) is 18.7. The van der Waals surface area contributed by atoms with Crippen molar-refractivity contribution in [2.75, 3.05) is 25.6 Å². The second-order valence-electron chi connectivity index (χ2n) is 6.50. The van der Waals surface area contributed by atoms with Gasteiger partial charge in [0.1, 0.15) is 13.2 Å². The maximum absolute atomic E-state index is 12.5. The molecule has 7 nitrogen and oxygen atoms in total. The van der Waals surface area contributed by atoms with Crippen LogP contribution in [0, 0.1) is 0 Å². The van der Waals surface area contributed by atoms with Gasteiger partial charge in [-0.2, -0.15) is 0 Å². The Balaban J connectivity index is 1.60. The predicted molar refractivity (Wildman–Crippen MR) is 102 cm³/mol. The van der Waals surface area contributed by atoms with Gasteiger partial charge in [-0.25, -0.2) is 0 Å². The van der Waals surface area contributed by atoms with Gasteiger partial charge in [0, 0.05) is 17.8 Å². The van der Waals surface area contributed by atoms with Crippen molar-refractivity contribution in [2.24, 2.45) is 5.73 Å². The van der Waals surface area contributed by atoms with Gasteiger partial charge in [-0.3, -0.25) is 14.5 Å². The molecule has 0 radical (unpaired) electrons. The molecule has 3 N–H and O–H groups in total. The Labute approximate surface area is 158 Å². The maximum Gasteiger partial charge on any atom is 0.248 e. The zero-order valence-electron chi connectivity index (χ0n) is 15.4. The van der Waals surface area contributed by atoms with Gasteiger partial charge in [0.15, 0.2) is 11.5 Å². The molecule has 2 aromatic carbocycles. The minimum absolute atomic E-state index is 0.137. The molecule has 0 saturated heterocycles. The quantitative estimate of drug-likeness (QED) is 0.812. The molecule has 3 rings (SSSR count). The number of primary amides is 1. The summed E-state index contributed by atoms with van der Waals surface area (Å²) in [6.07, 6.45) is 0. The number of hydrogen-bond donors (Lipinski definition) is 2. The van der Waals surface area contributed by atoms with E-state index in [0.29, 0.717) is 31.0 Å². The van der Waals surface area contributed by atoms with Gasteiger partial charge in [-0.15, -0.1) is 0 Å². The zero-order chi connectivity index (χ0) is 19.4. The number of likely N-dealkylation sites (N-methyl/N-ethyl adjacent to an activating group) is 1. The second-order valence-corrected chi connectivity index (χ2v) is 6.50. The molecule has 1 aliphatic rings. The third-order valence-corrected chi connectivity index (χ3v) is 4.52. The van der Waals surface area contributed by atoms with Crippen molar-refractivity contribution in [1.29, 1.82) is 0 Å². The van der Waals surface area contributed by atoms with E-state index in [-0.39, 0.29) is 11.9 Å². The lowest BCUT2D eigenvalue weighted by molar-refractivity contribution is -0.120. The lowest BCUT2D eigenvalue weighted by Gasteiger charge is -2.25. The van der Waals surface area contributed by atoms with Gasteiger partial charge < -0.3 is 20.5 Å². The van der Waals surface area contributed by atoms with Crippen LogP contribution >= 0.6 is 0 Å². The van der Waals surface area contributed by atoms with Gasteiger partial charge in [-0.1, -0.05) is 6.07 Å². The number of anilines is 1. The monoisotopic (exact) mass is 369 g/mol. The zero-order valence-corrected chi connectivity index (χ0v) is 15.4. The Bertz CT molecular complexity index is 836. The van der Waals surface area contributed by atoms with E-state index in [2.05, 4.69) is 5.32 Å². The smallest absolute Gasteiger partial charge is 0.248 e. The molecule has 1 atom stereocenters. The van der Waals surface area contributed by atoms with E-state index >= 15 is 0 Å². The van der Waals surface area contributed by atoms with Crippen LogP contribution in [0.1, 0.15) is 22.8 Å². The molecule has 0 aromatic heterocycles. The highest BCUT2D eigenvalue weighted by atomic mass is 16.6. The van der Waals surface area contributed by atoms with Gasteiger partial charge >= 0.3 is 0 Å². The maximum atomic E-state index is 12.5. The number of nitrogens with two attached hydrogens (primary N) is 1. The van der Waals surface area contributed by atoms with Crippen molar-refractivity contribution in [2.45, 2.75) is 19.5 Å². The fourth-order valence-corrected chi connectivity index (χ4v) is 2.78. The standard InChI is InChI=1S/C20H23N3O4/c1-13(20(25)22-16-6-4-15(5-7-16)19(21)24)23(2)12-14-3-8-17-18(11-14)27-10-9-26-17/h3-8,11,13H,9-10,12H2,1-2H3,(H2,21,24)(H,22,25)/t13-/m1/s1. The van der Waals surface area contributed by atoms with E-state index in [1.165, 1.54) is 0 Å². The lowest BCUT2D eigenvalue weighted by atomic mass is 10.1. The van der Waals surface area contributed by atoms with Crippen molar-refractivity contribution < 1.29 is 19.1 Å². The van der Waals surface area contributed by atoms with Crippen LogP contribution in [-0.2, 0) is 11.3 Å². The molecule has 0 unspecified atom stereocenters. The van der Waals surface area contributed by atoms with E-state index < -0.39 is 5.91 Å². The first-order valence-electron chi connectivity index (χ1n) is 8.73. The molecule has 142 valence electrons. The molecule has 0 bridgehead atoms. The molecule has 1 aliphatic heterocycles. The van der Waals surface area contributed by atoms with Crippen molar-refractivity contribution >= 4 is 17.5 Å². The first-order valence-corrected chi connectivity index (χ1v) is 8.73. The third-order valence-electron chi connectivity index (χ3n) is 4.52. The summed E-state index contributed by atoms with van der Waals surface area (Å²) in [6, 6.07) is 11.9. The molecule has 1 heterocycles. The average molecular weight is 369 g/mol. The van der Waals surface area contributed by atoms with Crippen LogP contribution in [0.2, 0.25) is 0 Å². The fraction of sp³-hybridized carbons (Fsp3) is 0.300. The summed E-state index contributed by atoms with van der Waals surface area (Å²) in [6.45, 7) is 3.53. The molecule has 27 heavy (non-hydrogen) atoms. The Morgan fingerprint density at radius 3 is 2.44 bits per heavy atom. The number of nitrogens with one attached hydrogen (secondary N) is 1. The Kier molecular flexibility index (Phi) is 5.61. The molecular weight excluding hydrogens is 346 g/mol. The van der Waals surface area contributed by atoms with Crippen molar-refractivity contribution in [1.82, 2.24) is 4.90 Å². The number of carbonyl (C=O) groups excluding carboxylic acids is 2. The number of nitrogens with zero attached hydrogens (tertiary/aromatic N) is 1. The Morgan fingerprint density at radius 2 is 1.78 bits per heavy atom. The van der Waals surface area contributed by atoms with Crippen LogP contribution in [0.25, 0.3) is 0 Å². The Hall–Kier alpha value is -3.06. The van der Waals surface area contributed by atoms with Crippen molar-refractivity contribution in [3.05, 3.63) is 53.6 Å². The number of amides is 2. The topological polar surface area (TPSA) is 93.9 Å². The molecular formula is C20H23N3O4.